The van der Waals surface area contributed by atoms with Crippen LogP contribution < -0.4 is 11.3 Å². The van der Waals surface area contributed by atoms with E-state index in [4.69, 9.17) is 10.6 Å². The number of halogens is 3. The fraction of sp³-hybridized carbons (Fsp3) is 0.571. The minimum absolute atomic E-state index is 0.160. The first-order chi connectivity index (χ1) is 9.43. The zero-order valence-corrected chi connectivity index (χ0v) is 11.7. The predicted octanol–water partition coefficient (Wildman–Crippen LogP) is 3.42. The Bertz CT molecular complexity index is 386. The highest BCUT2D eigenvalue weighted by Crippen LogP contribution is 2.31. The molecule has 3 N–H and O–H groups in total. The molecule has 0 saturated carbocycles. The van der Waals surface area contributed by atoms with Crippen LogP contribution in [0.15, 0.2) is 24.3 Å². The molecule has 3 nitrogen and oxygen atoms in total. The molecule has 0 amide bonds. The first kappa shape index (κ1) is 16.9. The Morgan fingerprint density at radius 2 is 1.80 bits per heavy atom. The van der Waals surface area contributed by atoms with Gasteiger partial charge in [-0.25, -0.2) is 0 Å². The van der Waals surface area contributed by atoms with Gasteiger partial charge in [-0.15, -0.1) is 0 Å². The van der Waals surface area contributed by atoms with Crippen molar-refractivity contribution in [2.24, 2.45) is 5.84 Å². The molecule has 0 aliphatic rings. The van der Waals surface area contributed by atoms with Crippen molar-refractivity contribution in [2.45, 2.75) is 45.0 Å². The molecule has 0 aromatic heterocycles. The van der Waals surface area contributed by atoms with Gasteiger partial charge in [-0.05, 0) is 31.0 Å². The summed E-state index contributed by atoms with van der Waals surface area (Å²) in [5.41, 5.74) is 2.66. The van der Waals surface area contributed by atoms with E-state index in [2.05, 4.69) is 5.43 Å². The number of alkyl halides is 3. The van der Waals surface area contributed by atoms with Crippen LogP contribution in [0.5, 0.6) is 0 Å². The monoisotopic (exact) mass is 290 g/mol. The van der Waals surface area contributed by atoms with E-state index < -0.39 is 11.7 Å². The highest BCUT2D eigenvalue weighted by Gasteiger charge is 2.30. The molecule has 0 aliphatic carbocycles. The second-order valence-corrected chi connectivity index (χ2v) is 4.55. The zero-order valence-electron chi connectivity index (χ0n) is 11.7. The van der Waals surface area contributed by atoms with Gasteiger partial charge in [0, 0.05) is 6.61 Å². The number of nitrogens with one attached hydrogen (secondary N) is 1. The van der Waals surface area contributed by atoms with Gasteiger partial charge in [0.25, 0.3) is 0 Å². The van der Waals surface area contributed by atoms with E-state index in [0.717, 1.165) is 25.0 Å². The summed E-state index contributed by atoms with van der Waals surface area (Å²) < 4.78 is 43.2. The van der Waals surface area contributed by atoms with Crippen molar-refractivity contribution in [2.75, 3.05) is 6.61 Å². The van der Waals surface area contributed by atoms with Crippen molar-refractivity contribution >= 4 is 0 Å². The standard InChI is InChI=1S/C14H21F3N2O/c1-3-5-12(20-4-2)13(19-18)10-6-8-11(9-7-10)14(15,16)17/h6-9,12-13,19H,3-5,18H2,1-2H3. The molecule has 0 aliphatic heterocycles. The van der Waals surface area contributed by atoms with Crippen LogP contribution in [0, 0.1) is 0 Å². The van der Waals surface area contributed by atoms with Crippen LogP contribution in [0.3, 0.4) is 0 Å². The number of benzene rings is 1. The van der Waals surface area contributed by atoms with Crippen molar-refractivity contribution in [3.63, 3.8) is 0 Å². The van der Waals surface area contributed by atoms with Crippen LogP contribution in [0.2, 0.25) is 0 Å². The van der Waals surface area contributed by atoms with E-state index in [9.17, 15) is 13.2 Å². The summed E-state index contributed by atoms with van der Waals surface area (Å²) in [6.45, 7) is 4.43. The average Bonchev–Trinajstić information content (AvgIpc) is 2.39. The number of hydrogen-bond donors (Lipinski definition) is 2. The molecule has 0 fully saturated rings. The van der Waals surface area contributed by atoms with Gasteiger partial charge in [0.05, 0.1) is 17.7 Å². The van der Waals surface area contributed by atoms with Gasteiger partial charge in [0.15, 0.2) is 0 Å². The second-order valence-electron chi connectivity index (χ2n) is 4.55. The fourth-order valence-corrected chi connectivity index (χ4v) is 2.14. The normalized spacial score (nSPS) is 15.1. The summed E-state index contributed by atoms with van der Waals surface area (Å²) in [6.07, 6.45) is -2.80. The molecule has 1 aromatic carbocycles. The van der Waals surface area contributed by atoms with Crippen LogP contribution in [0.4, 0.5) is 13.2 Å². The SMILES string of the molecule is CCCC(OCC)C(NN)c1ccc(C(F)(F)F)cc1. The summed E-state index contributed by atoms with van der Waals surface area (Å²) >= 11 is 0. The van der Waals surface area contributed by atoms with E-state index in [0.29, 0.717) is 12.2 Å². The highest BCUT2D eigenvalue weighted by atomic mass is 19.4. The lowest BCUT2D eigenvalue weighted by molar-refractivity contribution is -0.137. The Morgan fingerprint density at radius 1 is 1.20 bits per heavy atom. The van der Waals surface area contributed by atoms with Gasteiger partial charge >= 0.3 is 6.18 Å². The lowest BCUT2D eigenvalue weighted by Crippen LogP contribution is -2.38. The van der Waals surface area contributed by atoms with Crippen molar-refractivity contribution in [1.82, 2.24) is 5.43 Å². The third-order valence-electron chi connectivity index (χ3n) is 3.10. The van der Waals surface area contributed by atoms with Gasteiger partial charge in [-0.3, -0.25) is 11.3 Å². The zero-order chi connectivity index (χ0) is 15.2. The molecule has 2 unspecified atom stereocenters. The first-order valence-corrected chi connectivity index (χ1v) is 6.68. The Labute approximate surface area is 117 Å². The van der Waals surface area contributed by atoms with Crippen LogP contribution in [-0.4, -0.2) is 12.7 Å². The maximum absolute atomic E-state index is 12.5. The van der Waals surface area contributed by atoms with Gasteiger partial charge in [-0.1, -0.05) is 25.5 Å². The molecule has 2 atom stereocenters. The molecule has 20 heavy (non-hydrogen) atoms. The number of rotatable bonds is 7. The molecule has 114 valence electrons. The predicted molar refractivity (Wildman–Crippen MR) is 71.8 cm³/mol. The van der Waals surface area contributed by atoms with Gasteiger partial charge < -0.3 is 4.74 Å². The molecule has 6 heteroatoms. The van der Waals surface area contributed by atoms with E-state index in [1.54, 1.807) is 0 Å². The number of nitrogens with two attached hydrogens (primary N) is 1. The molecule has 0 heterocycles. The fourth-order valence-electron chi connectivity index (χ4n) is 2.14. The summed E-state index contributed by atoms with van der Waals surface area (Å²) in [6, 6.07) is 4.69. The van der Waals surface area contributed by atoms with E-state index in [1.807, 2.05) is 13.8 Å². The van der Waals surface area contributed by atoms with Crippen molar-refractivity contribution in [3.8, 4) is 0 Å². The smallest absolute Gasteiger partial charge is 0.376 e. The molecular formula is C14H21F3N2O. The summed E-state index contributed by atoms with van der Waals surface area (Å²) in [7, 11) is 0. The maximum Gasteiger partial charge on any atom is 0.416 e. The Balaban J connectivity index is 2.93. The molecule has 0 radical (unpaired) electrons. The number of hydrazine groups is 1. The number of ether oxygens (including phenoxy) is 1. The van der Waals surface area contributed by atoms with Crippen LogP contribution in [-0.2, 0) is 10.9 Å². The lowest BCUT2D eigenvalue weighted by Gasteiger charge is -2.26. The van der Waals surface area contributed by atoms with Crippen molar-refractivity contribution in [1.29, 1.82) is 0 Å². The van der Waals surface area contributed by atoms with E-state index >= 15 is 0 Å². The Kier molecular flexibility index (Phi) is 6.45. The second kappa shape index (κ2) is 7.61. The third-order valence-corrected chi connectivity index (χ3v) is 3.10. The lowest BCUT2D eigenvalue weighted by atomic mass is 9.97. The van der Waals surface area contributed by atoms with Gasteiger partial charge in [-0.2, -0.15) is 13.2 Å². The summed E-state index contributed by atoms with van der Waals surface area (Å²) in [5.74, 6) is 5.54. The first-order valence-electron chi connectivity index (χ1n) is 6.68. The largest absolute Gasteiger partial charge is 0.416 e. The minimum atomic E-state index is -4.33. The summed E-state index contributed by atoms with van der Waals surface area (Å²) in [5, 5.41) is 0. The third kappa shape index (κ3) is 4.47. The molecular weight excluding hydrogens is 269 g/mol. The Morgan fingerprint density at radius 3 is 2.20 bits per heavy atom. The molecule has 1 aromatic rings. The molecule has 0 saturated heterocycles. The van der Waals surface area contributed by atoms with Crippen LogP contribution in [0.25, 0.3) is 0 Å². The van der Waals surface area contributed by atoms with Crippen molar-refractivity contribution < 1.29 is 17.9 Å². The minimum Gasteiger partial charge on any atom is -0.376 e. The van der Waals surface area contributed by atoms with Gasteiger partial charge in [0.2, 0.25) is 0 Å². The molecule has 1 rings (SSSR count). The van der Waals surface area contributed by atoms with Gasteiger partial charge in [0.1, 0.15) is 0 Å². The number of hydrogen-bond acceptors (Lipinski definition) is 3. The maximum atomic E-state index is 12.5. The van der Waals surface area contributed by atoms with Crippen LogP contribution in [0.1, 0.15) is 43.9 Å². The quantitative estimate of drug-likeness (QED) is 0.597. The molecule has 0 spiro atoms. The summed E-state index contributed by atoms with van der Waals surface area (Å²) in [4.78, 5) is 0. The van der Waals surface area contributed by atoms with Crippen LogP contribution >= 0.6 is 0 Å². The average molecular weight is 290 g/mol. The molecule has 0 bridgehead atoms. The van der Waals surface area contributed by atoms with Crippen molar-refractivity contribution in [3.05, 3.63) is 35.4 Å². The highest BCUT2D eigenvalue weighted by molar-refractivity contribution is 5.27. The topological polar surface area (TPSA) is 47.3 Å². The Hall–Kier alpha value is -1.11. The van der Waals surface area contributed by atoms with E-state index in [1.165, 1.54) is 12.1 Å². The van der Waals surface area contributed by atoms with E-state index in [-0.39, 0.29) is 12.1 Å².